The first-order valence-electron chi connectivity index (χ1n) is 6.39. The Kier molecular flexibility index (Phi) is 2.49. The standard InChI is InChI=1S/C17H18S/c1-11-8-9-12-13-6-5-7-14(17(2,3)4)16(13)18-15(12)10-11/h5-10H,1-4H3. The van der Waals surface area contributed by atoms with Gasteiger partial charge in [0.15, 0.2) is 0 Å². The quantitative estimate of drug-likeness (QED) is 0.485. The molecule has 0 fully saturated rings. The molecule has 0 amide bonds. The average Bonchev–Trinajstić information content (AvgIpc) is 2.64. The van der Waals surface area contributed by atoms with E-state index in [1.807, 2.05) is 11.3 Å². The molecule has 0 radical (unpaired) electrons. The molecule has 1 aromatic heterocycles. The SMILES string of the molecule is Cc1ccc2c(c1)sc1c(C(C)(C)C)cccc12. The van der Waals surface area contributed by atoms with E-state index >= 15 is 0 Å². The van der Waals surface area contributed by atoms with Crippen molar-refractivity contribution >= 4 is 31.5 Å². The Morgan fingerprint density at radius 1 is 0.944 bits per heavy atom. The summed E-state index contributed by atoms with van der Waals surface area (Å²) < 4.78 is 2.85. The molecule has 0 atom stereocenters. The summed E-state index contributed by atoms with van der Waals surface area (Å²) in [6.07, 6.45) is 0. The third-order valence-corrected chi connectivity index (χ3v) is 4.66. The summed E-state index contributed by atoms with van der Waals surface area (Å²) >= 11 is 1.93. The van der Waals surface area contributed by atoms with Crippen molar-refractivity contribution in [2.75, 3.05) is 0 Å². The lowest BCUT2D eigenvalue weighted by Gasteiger charge is -2.19. The fraction of sp³-hybridized carbons (Fsp3) is 0.294. The van der Waals surface area contributed by atoms with E-state index in [9.17, 15) is 0 Å². The zero-order valence-electron chi connectivity index (χ0n) is 11.4. The molecule has 0 spiro atoms. The van der Waals surface area contributed by atoms with E-state index in [0.29, 0.717) is 0 Å². The number of hydrogen-bond donors (Lipinski definition) is 0. The van der Waals surface area contributed by atoms with E-state index in [2.05, 4.69) is 64.1 Å². The maximum absolute atomic E-state index is 2.30. The van der Waals surface area contributed by atoms with Gasteiger partial charge in [0, 0.05) is 20.2 Å². The second-order valence-corrected chi connectivity index (χ2v) is 7.09. The zero-order valence-corrected chi connectivity index (χ0v) is 12.2. The number of rotatable bonds is 0. The van der Waals surface area contributed by atoms with Gasteiger partial charge >= 0.3 is 0 Å². The van der Waals surface area contributed by atoms with Crippen molar-refractivity contribution in [1.82, 2.24) is 0 Å². The molecule has 1 heteroatoms. The number of thiophene rings is 1. The summed E-state index contributed by atoms with van der Waals surface area (Å²) in [5, 5.41) is 2.80. The highest BCUT2D eigenvalue weighted by Crippen LogP contribution is 2.40. The first-order valence-corrected chi connectivity index (χ1v) is 7.21. The Morgan fingerprint density at radius 2 is 1.72 bits per heavy atom. The van der Waals surface area contributed by atoms with Gasteiger partial charge in [-0.05, 0) is 29.5 Å². The van der Waals surface area contributed by atoms with Crippen molar-refractivity contribution < 1.29 is 0 Å². The van der Waals surface area contributed by atoms with Crippen LogP contribution in [0.1, 0.15) is 31.9 Å². The molecule has 0 bridgehead atoms. The lowest BCUT2D eigenvalue weighted by atomic mass is 9.86. The molecular weight excluding hydrogens is 236 g/mol. The van der Waals surface area contributed by atoms with Gasteiger partial charge in [-0.1, -0.05) is 51.1 Å². The lowest BCUT2D eigenvalue weighted by molar-refractivity contribution is 0.597. The van der Waals surface area contributed by atoms with Gasteiger partial charge in [-0.2, -0.15) is 0 Å². The zero-order chi connectivity index (χ0) is 12.9. The first kappa shape index (κ1) is 11.7. The second-order valence-electron chi connectivity index (χ2n) is 6.03. The van der Waals surface area contributed by atoms with Crippen LogP contribution in [0.5, 0.6) is 0 Å². The highest BCUT2D eigenvalue weighted by Gasteiger charge is 2.18. The van der Waals surface area contributed by atoms with Gasteiger partial charge in [0.2, 0.25) is 0 Å². The lowest BCUT2D eigenvalue weighted by Crippen LogP contribution is -2.10. The molecule has 1 heterocycles. The smallest absolute Gasteiger partial charge is 0.0392 e. The maximum Gasteiger partial charge on any atom is 0.0392 e. The minimum absolute atomic E-state index is 0.204. The third kappa shape index (κ3) is 1.74. The van der Waals surface area contributed by atoms with E-state index in [0.717, 1.165) is 0 Å². The van der Waals surface area contributed by atoms with Crippen molar-refractivity contribution in [1.29, 1.82) is 0 Å². The van der Waals surface area contributed by atoms with Crippen LogP contribution < -0.4 is 0 Å². The summed E-state index contributed by atoms with van der Waals surface area (Å²) in [6, 6.07) is 13.5. The summed E-state index contributed by atoms with van der Waals surface area (Å²) in [7, 11) is 0. The Hall–Kier alpha value is -1.34. The van der Waals surface area contributed by atoms with Crippen LogP contribution in [0.15, 0.2) is 36.4 Å². The molecule has 0 saturated carbocycles. The van der Waals surface area contributed by atoms with Crippen LogP contribution >= 0.6 is 11.3 Å². The van der Waals surface area contributed by atoms with Crippen molar-refractivity contribution in [3.8, 4) is 0 Å². The predicted molar refractivity (Wildman–Crippen MR) is 82.8 cm³/mol. The summed E-state index contributed by atoms with van der Waals surface area (Å²) in [6.45, 7) is 9.03. The number of aryl methyl sites for hydroxylation is 1. The maximum atomic E-state index is 2.30. The normalized spacial score (nSPS) is 12.4. The predicted octanol–water partition coefficient (Wildman–Crippen LogP) is 5.66. The molecule has 0 N–H and O–H groups in total. The molecule has 0 unspecified atom stereocenters. The van der Waals surface area contributed by atoms with Crippen LogP contribution in [0.4, 0.5) is 0 Å². The van der Waals surface area contributed by atoms with E-state index in [-0.39, 0.29) is 5.41 Å². The van der Waals surface area contributed by atoms with Gasteiger partial charge in [0.1, 0.15) is 0 Å². The summed E-state index contributed by atoms with van der Waals surface area (Å²) in [5.74, 6) is 0. The molecule has 0 aliphatic rings. The number of benzene rings is 2. The first-order chi connectivity index (χ1) is 8.47. The Balaban J connectivity index is 2.46. The number of hydrogen-bond acceptors (Lipinski definition) is 1. The molecule has 92 valence electrons. The Labute approximate surface area is 112 Å². The summed E-state index contributed by atoms with van der Waals surface area (Å²) in [5.41, 5.74) is 3.00. The average molecular weight is 254 g/mol. The van der Waals surface area contributed by atoms with Crippen LogP contribution in [0, 0.1) is 6.92 Å². The van der Waals surface area contributed by atoms with Crippen LogP contribution in [-0.4, -0.2) is 0 Å². The van der Waals surface area contributed by atoms with Crippen LogP contribution in [0.25, 0.3) is 20.2 Å². The van der Waals surface area contributed by atoms with Crippen LogP contribution in [0.2, 0.25) is 0 Å². The van der Waals surface area contributed by atoms with Crippen molar-refractivity contribution in [2.24, 2.45) is 0 Å². The van der Waals surface area contributed by atoms with E-state index < -0.39 is 0 Å². The van der Waals surface area contributed by atoms with Crippen molar-refractivity contribution in [3.05, 3.63) is 47.5 Å². The van der Waals surface area contributed by atoms with Gasteiger partial charge in [-0.25, -0.2) is 0 Å². The molecule has 2 aromatic carbocycles. The van der Waals surface area contributed by atoms with E-state index in [1.54, 1.807) is 0 Å². The Bertz CT molecular complexity index is 726. The molecule has 3 rings (SSSR count). The van der Waals surface area contributed by atoms with Crippen molar-refractivity contribution in [3.63, 3.8) is 0 Å². The third-order valence-electron chi connectivity index (χ3n) is 3.46. The van der Waals surface area contributed by atoms with E-state index in [1.165, 1.54) is 31.3 Å². The summed E-state index contributed by atoms with van der Waals surface area (Å²) in [4.78, 5) is 0. The monoisotopic (exact) mass is 254 g/mol. The fourth-order valence-corrected chi connectivity index (χ4v) is 4.02. The topological polar surface area (TPSA) is 0 Å². The molecule has 0 saturated heterocycles. The molecular formula is C17H18S. The van der Waals surface area contributed by atoms with Crippen LogP contribution in [0.3, 0.4) is 0 Å². The minimum atomic E-state index is 0.204. The highest BCUT2D eigenvalue weighted by atomic mass is 32.1. The molecule has 0 aliphatic carbocycles. The minimum Gasteiger partial charge on any atom is -0.135 e. The molecule has 0 aliphatic heterocycles. The Morgan fingerprint density at radius 3 is 2.44 bits per heavy atom. The van der Waals surface area contributed by atoms with Gasteiger partial charge < -0.3 is 0 Å². The molecule has 18 heavy (non-hydrogen) atoms. The molecule has 0 nitrogen and oxygen atoms in total. The molecule has 3 aromatic rings. The van der Waals surface area contributed by atoms with Crippen LogP contribution in [-0.2, 0) is 5.41 Å². The van der Waals surface area contributed by atoms with Gasteiger partial charge in [-0.3, -0.25) is 0 Å². The second kappa shape index (κ2) is 3.83. The van der Waals surface area contributed by atoms with Gasteiger partial charge in [0.25, 0.3) is 0 Å². The fourth-order valence-electron chi connectivity index (χ4n) is 2.50. The van der Waals surface area contributed by atoms with Crippen molar-refractivity contribution in [2.45, 2.75) is 33.1 Å². The number of fused-ring (bicyclic) bond motifs is 3. The largest absolute Gasteiger partial charge is 0.135 e. The van der Waals surface area contributed by atoms with Gasteiger partial charge in [-0.15, -0.1) is 11.3 Å². The van der Waals surface area contributed by atoms with Gasteiger partial charge in [0.05, 0.1) is 0 Å². The van der Waals surface area contributed by atoms with E-state index in [4.69, 9.17) is 0 Å². The highest BCUT2D eigenvalue weighted by molar-refractivity contribution is 7.26.